The molecule has 0 fully saturated rings. The van der Waals surface area contributed by atoms with Gasteiger partial charge in [-0.2, -0.15) is 0 Å². The molecular formula is C16H20ClN3O2. The molecular weight excluding hydrogens is 302 g/mol. The zero-order valence-corrected chi connectivity index (χ0v) is 13.5. The van der Waals surface area contributed by atoms with Gasteiger partial charge in [-0.3, -0.25) is 14.9 Å². The van der Waals surface area contributed by atoms with E-state index in [-0.39, 0.29) is 18.6 Å². The quantitative estimate of drug-likeness (QED) is 0.833. The highest BCUT2D eigenvalue weighted by molar-refractivity contribution is 6.30. The third-order valence-electron chi connectivity index (χ3n) is 3.92. The van der Waals surface area contributed by atoms with Crippen molar-refractivity contribution < 1.29 is 9.59 Å². The molecule has 1 aromatic rings. The second-order valence-corrected chi connectivity index (χ2v) is 5.87. The lowest BCUT2D eigenvalue weighted by atomic mass is 10.1. The van der Waals surface area contributed by atoms with Gasteiger partial charge in [-0.05, 0) is 43.5 Å². The number of benzene rings is 1. The molecule has 6 heteroatoms. The Balaban J connectivity index is 2.05. The summed E-state index contributed by atoms with van der Waals surface area (Å²) < 4.78 is 0. The second kappa shape index (κ2) is 6.94. The predicted octanol–water partition coefficient (Wildman–Crippen LogP) is 1.46. The van der Waals surface area contributed by atoms with E-state index in [1.165, 1.54) is 0 Å². The van der Waals surface area contributed by atoms with Gasteiger partial charge in [-0.1, -0.05) is 23.7 Å². The molecule has 1 aliphatic rings. The maximum absolute atomic E-state index is 12.3. The van der Waals surface area contributed by atoms with E-state index >= 15 is 0 Å². The van der Waals surface area contributed by atoms with E-state index in [0.717, 1.165) is 23.1 Å². The molecule has 0 radical (unpaired) electrons. The number of hydrogen-bond acceptors (Lipinski definition) is 3. The number of nitrogens with one attached hydrogen (secondary N) is 1. The van der Waals surface area contributed by atoms with Crippen molar-refractivity contribution >= 4 is 23.4 Å². The third-order valence-corrected chi connectivity index (χ3v) is 4.17. The maximum atomic E-state index is 12.3. The minimum absolute atomic E-state index is 0.00608. The summed E-state index contributed by atoms with van der Waals surface area (Å²) in [5, 5.41) is 3.73. The SMILES string of the molecule is CC1=C(C)[C@@H](NCC(N)=O)N(CCc2ccc(Cl)cc2)C1=O. The molecule has 0 bridgehead atoms. The summed E-state index contributed by atoms with van der Waals surface area (Å²) in [6.07, 6.45) is 0.449. The van der Waals surface area contributed by atoms with Crippen LogP contribution in [0.5, 0.6) is 0 Å². The second-order valence-electron chi connectivity index (χ2n) is 5.43. The molecule has 1 aromatic carbocycles. The Kier molecular flexibility index (Phi) is 5.21. The molecule has 2 amide bonds. The standard InChI is InChI=1S/C16H20ClN3O2/c1-10-11(2)16(22)20(15(10)19-9-14(18)21)8-7-12-3-5-13(17)6-4-12/h3-6,15,19H,7-9H2,1-2H3,(H2,18,21)/t15-/m0/s1. The van der Waals surface area contributed by atoms with Crippen LogP contribution in [0.4, 0.5) is 0 Å². The van der Waals surface area contributed by atoms with Crippen molar-refractivity contribution in [3.8, 4) is 0 Å². The van der Waals surface area contributed by atoms with Crippen LogP contribution in [0.1, 0.15) is 19.4 Å². The molecule has 0 unspecified atom stereocenters. The van der Waals surface area contributed by atoms with Crippen LogP contribution < -0.4 is 11.1 Å². The number of hydrogen-bond donors (Lipinski definition) is 2. The van der Waals surface area contributed by atoms with Gasteiger partial charge in [0.05, 0.1) is 6.54 Å². The van der Waals surface area contributed by atoms with E-state index in [1.807, 2.05) is 31.2 Å². The highest BCUT2D eigenvalue weighted by Crippen LogP contribution is 2.24. The van der Waals surface area contributed by atoms with E-state index in [1.54, 1.807) is 11.8 Å². The fourth-order valence-corrected chi connectivity index (χ4v) is 2.66. The first-order chi connectivity index (χ1) is 10.4. The lowest BCUT2D eigenvalue weighted by Crippen LogP contribution is -2.48. The number of nitrogens with zero attached hydrogens (tertiary/aromatic N) is 1. The van der Waals surface area contributed by atoms with Gasteiger partial charge in [0.2, 0.25) is 5.91 Å². The minimum atomic E-state index is -0.442. The Morgan fingerprint density at radius 2 is 1.95 bits per heavy atom. The van der Waals surface area contributed by atoms with E-state index in [0.29, 0.717) is 11.6 Å². The molecule has 5 nitrogen and oxygen atoms in total. The van der Waals surface area contributed by atoms with Gasteiger partial charge < -0.3 is 10.6 Å². The number of carbonyl (C=O) groups excluding carboxylic acids is 2. The summed E-state index contributed by atoms with van der Waals surface area (Å²) in [6.45, 7) is 4.30. The van der Waals surface area contributed by atoms with Crippen molar-refractivity contribution in [3.05, 3.63) is 46.0 Å². The summed E-state index contributed by atoms with van der Waals surface area (Å²) in [5.74, 6) is -0.448. The highest BCUT2D eigenvalue weighted by atomic mass is 35.5. The molecule has 1 atom stereocenters. The van der Waals surface area contributed by atoms with Gasteiger partial charge in [0.25, 0.3) is 5.91 Å². The number of halogens is 1. The van der Waals surface area contributed by atoms with Gasteiger partial charge in [-0.25, -0.2) is 0 Å². The van der Waals surface area contributed by atoms with Gasteiger partial charge in [-0.15, -0.1) is 0 Å². The third kappa shape index (κ3) is 3.67. The Bertz CT molecular complexity index is 610. The highest BCUT2D eigenvalue weighted by Gasteiger charge is 2.34. The molecule has 118 valence electrons. The van der Waals surface area contributed by atoms with E-state index < -0.39 is 5.91 Å². The van der Waals surface area contributed by atoms with Crippen LogP contribution in [0.15, 0.2) is 35.4 Å². The Morgan fingerprint density at radius 1 is 1.32 bits per heavy atom. The minimum Gasteiger partial charge on any atom is -0.369 e. The van der Waals surface area contributed by atoms with Gasteiger partial charge in [0.15, 0.2) is 0 Å². The number of primary amides is 1. The van der Waals surface area contributed by atoms with Crippen LogP contribution in [-0.4, -0.2) is 36.0 Å². The average molecular weight is 322 g/mol. The largest absolute Gasteiger partial charge is 0.369 e. The van der Waals surface area contributed by atoms with Crippen molar-refractivity contribution in [1.82, 2.24) is 10.2 Å². The lowest BCUT2D eigenvalue weighted by molar-refractivity contribution is -0.128. The van der Waals surface area contributed by atoms with Crippen molar-refractivity contribution in [1.29, 1.82) is 0 Å². The first-order valence-corrected chi connectivity index (χ1v) is 7.52. The molecule has 0 saturated carbocycles. The van der Waals surface area contributed by atoms with Crippen LogP contribution in [0.2, 0.25) is 5.02 Å². The molecule has 22 heavy (non-hydrogen) atoms. The van der Waals surface area contributed by atoms with Gasteiger partial charge >= 0.3 is 0 Å². The van der Waals surface area contributed by atoms with Crippen LogP contribution in [0, 0.1) is 0 Å². The monoisotopic (exact) mass is 321 g/mol. The summed E-state index contributed by atoms with van der Waals surface area (Å²) in [7, 11) is 0. The fraction of sp³-hybridized carbons (Fsp3) is 0.375. The Morgan fingerprint density at radius 3 is 2.55 bits per heavy atom. The van der Waals surface area contributed by atoms with Crippen LogP contribution in [-0.2, 0) is 16.0 Å². The van der Waals surface area contributed by atoms with Crippen LogP contribution in [0.3, 0.4) is 0 Å². The van der Waals surface area contributed by atoms with Crippen molar-refractivity contribution in [2.24, 2.45) is 5.73 Å². The van der Waals surface area contributed by atoms with Crippen molar-refractivity contribution in [3.63, 3.8) is 0 Å². The molecule has 2 rings (SSSR count). The molecule has 0 spiro atoms. The summed E-state index contributed by atoms with van der Waals surface area (Å²) in [4.78, 5) is 25.0. The molecule has 3 N–H and O–H groups in total. The number of nitrogens with two attached hydrogens (primary N) is 1. The first-order valence-electron chi connectivity index (χ1n) is 7.14. The number of amides is 2. The molecule has 1 aliphatic heterocycles. The van der Waals surface area contributed by atoms with E-state index in [4.69, 9.17) is 17.3 Å². The number of carbonyl (C=O) groups is 2. The fourth-order valence-electron chi connectivity index (χ4n) is 2.53. The first kappa shape index (κ1) is 16.5. The van der Waals surface area contributed by atoms with Crippen molar-refractivity contribution in [2.75, 3.05) is 13.1 Å². The molecule has 0 aliphatic carbocycles. The van der Waals surface area contributed by atoms with Crippen LogP contribution in [0.25, 0.3) is 0 Å². The maximum Gasteiger partial charge on any atom is 0.251 e. The summed E-state index contributed by atoms with van der Waals surface area (Å²) in [6, 6.07) is 7.56. The smallest absolute Gasteiger partial charge is 0.251 e. The van der Waals surface area contributed by atoms with Gasteiger partial charge in [0.1, 0.15) is 6.17 Å². The molecule has 0 saturated heterocycles. The molecule has 1 heterocycles. The summed E-state index contributed by atoms with van der Waals surface area (Å²) >= 11 is 5.87. The summed E-state index contributed by atoms with van der Waals surface area (Å²) in [5.41, 5.74) is 7.93. The predicted molar refractivity (Wildman–Crippen MR) is 86.2 cm³/mol. The van der Waals surface area contributed by atoms with E-state index in [9.17, 15) is 9.59 Å². The Labute approximate surface area is 135 Å². The van der Waals surface area contributed by atoms with Crippen LogP contribution >= 0.6 is 11.6 Å². The number of rotatable bonds is 6. The molecule has 0 aromatic heterocycles. The Hall–Kier alpha value is -1.85. The zero-order valence-electron chi connectivity index (χ0n) is 12.7. The van der Waals surface area contributed by atoms with Crippen molar-refractivity contribution in [2.45, 2.75) is 26.4 Å². The lowest BCUT2D eigenvalue weighted by Gasteiger charge is -2.27. The average Bonchev–Trinajstić information content (AvgIpc) is 2.68. The normalized spacial score (nSPS) is 18.2. The van der Waals surface area contributed by atoms with E-state index in [2.05, 4.69) is 5.32 Å². The van der Waals surface area contributed by atoms with Gasteiger partial charge in [0, 0.05) is 17.1 Å². The topological polar surface area (TPSA) is 75.4 Å². The zero-order chi connectivity index (χ0) is 16.3.